The van der Waals surface area contributed by atoms with Gasteiger partial charge in [0.25, 0.3) is 10.0 Å². The maximum Gasteiger partial charge on any atom is 0.264 e. The number of benzene rings is 1. The van der Waals surface area contributed by atoms with Crippen LogP contribution in [0, 0.1) is 0 Å². The van der Waals surface area contributed by atoms with Crippen LogP contribution in [-0.2, 0) is 16.4 Å². The number of hydrogen-bond donors (Lipinski definition) is 2. The standard InChI is InChI=1S/C16H17N3O2S/c1-2-4-12-6-8-13(9-7-12)19-22(20,21)15-11-18-16-14(15)5-3-10-17-16/h3,5-11,19H,2,4H2,1H3,(H,17,18). The molecule has 0 saturated heterocycles. The lowest BCUT2D eigenvalue weighted by Crippen LogP contribution is -2.12. The Morgan fingerprint density at radius 3 is 2.68 bits per heavy atom. The van der Waals surface area contributed by atoms with Crippen molar-refractivity contribution in [1.29, 1.82) is 0 Å². The highest BCUT2D eigenvalue weighted by Gasteiger charge is 2.19. The zero-order valence-corrected chi connectivity index (χ0v) is 13.0. The van der Waals surface area contributed by atoms with Crippen molar-refractivity contribution in [2.24, 2.45) is 0 Å². The van der Waals surface area contributed by atoms with Crippen LogP contribution in [0.25, 0.3) is 11.0 Å². The molecule has 22 heavy (non-hydrogen) atoms. The van der Waals surface area contributed by atoms with Crippen LogP contribution in [0.2, 0.25) is 0 Å². The first kappa shape index (κ1) is 14.6. The van der Waals surface area contributed by atoms with Crippen LogP contribution >= 0.6 is 0 Å². The number of aromatic amines is 1. The van der Waals surface area contributed by atoms with Gasteiger partial charge in [-0.15, -0.1) is 0 Å². The van der Waals surface area contributed by atoms with Gasteiger partial charge < -0.3 is 4.98 Å². The van der Waals surface area contributed by atoms with Crippen molar-refractivity contribution in [2.75, 3.05) is 4.72 Å². The quantitative estimate of drug-likeness (QED) is 0.758. The van der Waals surface area contributed by atoms with E-state index in [1.807, 2.05) is 12.1 Å². The summed E-state index contributed by atoms with van der Waals surface area (Å²) >= 11 is 0. The fraction of sp³-hybridized carbons (Fsp3) is 0.188. The SMILES string of the molecule is CCCc1ccc(NS(=O)(=O)c2c[nH]c3ncccc23)cc1. The second-order valence-corrected chi connectivity index (χ2v) is 6.76. The zero-order chi connectivity index (χ0) is 15.6. The first-order chi connectivity index (χ1) is 10.6. The summed E-state index contributed by atoms with van der Waals surface area (Å²) in [6.07, 6.45) is 5.13. The molecule has 2 heterocycles. The van der Waals surface area contributed by atoms with Gasteiger partial charge in [-0.25, -0.2) is 13.4 Å². The predicted molar refractivity (Wildman–Crippen MR) is 87.3 cm³/mol. The van der Waals surface area contributed by atoms with E-state index in [2.05, 4.69) is 21.6 Å². The molecule has 0 fully saturated rings. The molecule has 2 N–H and O–H groups in total. The zero-order valence-electron chi connectivity index (χ0n) is 12.2. The number of aryl methyl sites for hydroxylation is 1. The summed E-state index contributed by atoms with van der Waals surface area (Å²) in [4.78, 5) is 7.18. The van der Waals surface area contributed by atoms with Crippen LogP contribution in [-0.4, -0.2) is 18.4 Å². The molecule has 0 aliphatic carbocycles. The van der Waals surface area contributed by atoms with Crippen molar-refractivity contribution < 1.29 is 8.42 Å². The lowest BCUT2D eigenvalue weighted by molar-refractivity contribution is 0.602. The molecule has 0 amide bonds. The van der Waals surface area contributed by atoms with Gasteiger partial charge in [0.05, 0.1) is 0 Å². The Labute approximate surface area is 129 Å². The van der Waals surface area contributed by atoms with Crippen LogP contribution in [0.3, 0.4) is 0 Å². The number of anilines is 1. The van der Waals surface area contributed by atoms with Crippen molar-refractivity contribution in [3.05, 3.63) is 54.4 Å². The summed E-state index contributed by atoms with van der Waals surface area (Å²) in [5.41, 5.74) is 2.31. The number of aromatic nitrogens is 2. The third-order valence-corrected chi connectivity index (χ3v) is 4.87. The molecule has 3 aromatic rings. The molecule has 0 aliphatic heterocycles. The topological polar surface area (TPSA) is 74.8 Å². The van der Waals surface area contributed by atoms with Gasteiger partial charge in [-0.3, -0.25) is 4.72 Å². The highest BCUT2D eigenvalue weighted by molar-refractivity contribution is 7.93. The van der Waals surface area contributed by atoms with Crippen LogP contribution in [0.4, 0.5) is 5.69 Å². The molecule has 0 spiro atoms. The first-order valence-corrected chi connectivity index (χ1v) is 8.62. The maximum absolute atomic E-state index is 12.5. The molecule has 5 nitrogen and oxygen atoms in total. The average molecular weight is 315 g/mol. The Kier molecular flexibility index (Phi) is 3.85. The minimum Gasteiger partial charge on any atom is -0.345 e. The molecule has 0 unspecified atom stereocenters. The summed E-state index contributed by atoms with van der Waals surface area (Å²) < 4.78 is 27.7. The fourth-order valence-corrected chi connectivity index (χ4v) is 3.62. The van der Waals surface area contributed by atoms with Gasteiger partial charge in [-0.05, 0) is 36.2 Å². The second kappa shape index (κ2) is 5.81. The number of hydrogen-bond acceptors (Lipinski definition) is 3. The molecule has 2 aromatic heterocycles. The van der Waals surface area contributed by atoms with E-state index in [1.165, 1.54) is 11.8 Å². The van der Waals surface area contributed by atoms with E-state index in [4.69, 9.17) is 0 Å². The Balaban J connectivity index is 1.90. The highest BCUT2D eigenvalue weighted by atomic mass is 32.2. The molecule has 1 aromatic carbocycles. The van der Waals surface area contributed by atoms with Crippen molar-refractivity contribution in [3.63, 3.8) is 0 Å². The Morgan fingerprint density at radius 1 is 1.18 bits per heavy atom. The monoisotopic (exact) mass is 315 g/mol. The molecule has 0 bridgehead atoms. The first-order valence-electron chi connectivity index (χ1n) is 7.14. The van der Waals surface area contributed by atoms with Gasteiger partial charge in [0.15, 0.2) is 0 Å². The molecule has 3 rings (SSSR count). The number of H-pyrrole nitrogens is 1. The van der Waals surface area contributed by atoms with E-state index in [0.717, 1.165) is 12.8 Å². The molecular weight excluding hydrogens is 298 g/mol. The summed E-state index contributed by atoms with van der Waals surface area (Å²) in [7, 11) is -3.64. The maximum atomic E-state index is 12.5. The molecule has 0 saturated carbocycles. The van der Waals surface area contributed by atoms with E-state index in [9.17, 15) is 8.42 Å². The molecule has 0 atom stereocenters. The smallest absolute Gasteiger partial charge is 0.264 e. The highest BCUT2D eigenvalue weighted by Crippen LogP contribution is 2.23. The van der Waals surface area contributed by atoms with Gasteiger partial charge in [0, 0.05) is 23.5 Å². The van der Waals surface area contributed by atoms with Crippen molar-refractivity contribution >= 4 is 26.7 Å². The Morgan fingerprint density at radius 2 is 1.95 bits per heavy atom. The number of fused-ring (bicyclic) bond motifs is 1. The Hall–Kier alpha value is -2.34. The van der Waals surface area contributed by atoms with Crippen molar-refractivity contribution in [1.82, 2.24) is 9.97 Å². The van der Waals surface area contributed by atoms with Gasteiger partial charge in [-0.2, -0.15) is 0 Å². The normalized spacial score (nSPS) is 11.7. The summed E-state index contributed by atoms with van der Waals surface area (Å²) in [5.74, 6) is 0. The number of nitrogens with zero attached hydrogens (tertiary/aromatic N) is 1. The lowest BCUT2D eigenvalue weighted by atomic mass is 10.1. The van der Waals surface area contributed by atoms with E-state index in [1.54, 1.807) is 30.5 Å². The predicted octanol–water partition coefficient (Wildman–Crippen LogP) is 3.32. The third-order valence-electron chi connectivity index (χ3n) is 3.45. The van der Waals surface area contributed by atoms with Crippen LogP contribution < -0.4 is 4.72 Å². The van der Waals surface area contributed by atoms with Gasteiger partial charge in [-0.1, -0.05) is 25.5 Å². The summed E-state index contributed by atoms with van der Waals surface area (Å²) in [6, 6.07) is 10.9. The summed E-state index contributed by atoms with van der Waals surface area (Å²) in [6.45, 7) is 2.11. The van der Waals surface area contributed by atoms with E-state index in [0.29, 0.717) is 16.7 Å². The lowest BCUT2D eigenvalue weighted by Gasteiger charge is -2.08. The van der Waals surface area contributed by atoms with Crippen molar-refractivity contribution in [3.8, 4) is 0 Å². The van der Waals surface area contributed by atoms with Crippen LogP contribution in [0.15, 0.2) is 53.7 Å². The van der Waals surface area contributed by atoms with E-state index >= 15 is 0 Å². The second-order valence-electron chi connectivity index (χ2n) is 5.10. The third kappa shape index (κ3) is 2.82. The molecule has 0 aliphatic rings. The van der Waals surface area contributed by atoms with Gasteiger partial charge >= 0.3 is 0 Å². The summed E-state index contributed by atoms with van der Waals surface area (Å²) in [5, 5.41) is 0.581. The molecule has 0 radical (unpaired) electrons. The van der Waals surface area contributed by atoms with Crippen LogP contribution in [0.1, 0.15) is 18.9 Å². The number of rotatable bonds is 5. The van der Waals surface area contributed by atoms with E-state index < -0.39 is 10.0 Å². The van der Waals surface area contributed by atoms with Crippen molar-refractivity contribution in [2.45, 2.75) is 24.7 Å². The minimum atomic E-state index is -3.64. The van der Waals surface area contributed by atoms with Crippen LogP contribution in [0.5, 0.6) is 0 Å². The number of pyridine rings is 1. The average Bonchev–Trinajstić information content (AvgIpc) is 2.94. The molecule has 114 valence electrons. The number of nitrogens with one attached hydrogen (secondary N) is 2. The fourth-order valence-electron chi connectivity index (χ4n) is 2.39. The van der Waals surface area contributed by atoms with Gasteiger partial charge in [0.2, 0.25) is 0 Å². The van der Waals surface area contributed by atoms with E-state index in [-0.39, 0.29) is 4.90 Å². The minimum absolute atomic E-state index is 0.202. The molecule has 6 heteroatoms. The Bertz CT molecular complexity index is 883. The molecular formula is C16H17N3O2S. The largest absolute Gasteiger partial charge is 0.345 e. The number of sulfonamides is 1. The van der Waals surface area contributed by atoms with Gasteiger partial charge in [0.1, 0.15) is 10.5 Å².